The van der Waals surface area contributed by atoms with Gasteiger partial charge in [-0.3, -0.25) is 24.5 Å². The lowest BCUT2D eigenvalue weighted by molar-refractivity contribution is -0.145. The largest absolute Gasteiger partial charge is 0.451 e. The average molecular weight is 1300 g/mol. The van der Waals surface area contributed by atoms with Gasteiger partial charge in [-0.15, -0.1) is 0 Å². The third-order valence-electron chi connectivity index (χ3n) is 14.1. The lowest BCUT2D eigenvalue weighted by atomic mass is 9.98. The Bertz CT molecular complexity index is 4100. The molecule has 18 nitrogen and oxygen atoms in total. The molecule has 0 radical (unpaired) electrons. The fourth-order valence-corrected chi connectivity index (χ4v) is 13.5. The molecule has 0 aromatic carbocycles. The Morgan fingerprint density at radius 1 is 0.552 bits per heavy atom. The molecule has 2 aliphatic rings. The first kappa shape index (κ1) is 63.8. The van der Waals surface area contributed by atoms with Gasteiger partial charge >= 0.3 is 24.7 Å². The van der Waals surface area contributed by atoms with Gasteiger partial charge in [-0.25, -0.2) is 50.5 Å². The number of ketones is 2. The van der Waals surface area contributed by atoms with Crippen molar-refractivity contribution >= 4 is 65.2 Å². The van der Waals surface area contributed by atoms with Gasteiger partial charge in [0, 0.05) is 110 Å². The van der Waals surface area contributed by atoms with Crippen molar-refractivity contribution in [2.75, 3.05) is 0 Å². The summed E-state index contributed by atoms with van der Waals surface area (Å²) < 4.78 is 255. The summed E-state index contributed by atoms with van der Waals surface area (Å²) in [6.07, 6.45) is -18.6. The molecule has 2 aliphatic heterocycles. The number of hydrogen-bond donors (Lipinski definition) is 0. The molecule has 462 valence electrons. The van der Waals surface area contributed by atoms with Crippen molar-refractivity contribution in [1.82, 2.24) is 48.5 Å². The third kappa shape index (κ3) is 13.3. The molecular formula is C52H39ClF14N10O8S2. The van der Waals surface area contributed by atoms with Gasteiger partial charge in [0.15, 0.2) is 11.6 Å². The van der Waals surface area contributed by atoms with Crippen molar-refractivity contribution in [2.45, 2.75) is 124 Å². The van der Waals surface area contributed by atoms with E-state index in [0.29, 0.717) is 26.4 Å². The summed E-state index contributed by atoms with van der Waals surface area (Å²) in [5.41, 5.74) is -3.68. The van der Waals surface area contributed by atoms with Crippen LogP contribution >= 0.6 is 11.6 Å². The quantitative estimate of drug-likeness (QED) is 0.0726. The van der Waals surface area contributed by atoms with Gasteiger partial charge in [-0.2, -0.15) is 61.3 Å². The van der Waals surface area contributed by atoms with E-state index < -0.39 is 175 Å². The number of carbonyl (C=O) groups is 2. The fourth-order valence-electron chi connectivity index (χ4n) is 9.76. The molecule has 2 fully saturated rings. The van der Waals surface area contributed by atoms with Crippen LogP contribution in [0.15, 0.2) is 111 Å². The van der Waals surface area contributed by atoms with E-state index in [9.17, 15) is 87.9 Å². The van der Waals surface area contributed by atoms with Crippen LogP contribution in [0.4, 0.5) is 61.5 Å². The van der Waals surface area contributed by atoms with Gasteiger partial charge in [-0.05, 0) is 62.1 Å². The highest BCUT2D eigenvalue weighted by Crippen LogP contribution is 2.41. The van der Waals surface area contributed by atoms with Crippen LogP contribution in [-0.2, 0) is 67.2 Å². The molecule has 0 unspecified atom stereocenters. The smallest absolute Gasteiger partial charge is 0.443 e. The van der Waals surface area contributed by atoms with Crippen LogP contribution in [0.1, 0.15) is 73.4 Å². The number of sulfonamides is 2. The number of fused-ring (bicyclic) bond motifs is 2. The molecule has 0 spiro atoms. The van der Waals surface area contributed by atoms with E-state index in [1.807, 2.05) is 0 Å². The summed E-state index contributed by atoms with van der Waals surface area (Å²) in [6.45, 7) is 2.51. The summed E-state index contributed by atoms with van der Waals surface area (Å²) in [7, 11) is -9.18. The monoisotopic (exact) mass is 1300 g/mol. The number of aromatic nitrogens is 8. The Kier molecular flexibility index (Phi) is 17.4. The summed E-state index contributed by atoms with van der Waals surface area (Å²) in [4.78, 5) is 54.3. The first-order chi connectivity index (χ1) is 40.5. The van der Waals surface area contributed by atoms with Crippen molar-refractivity contribution in [2.24, 2.45) is 0 Å². The zero-order valence-corrected chi connectivity index (χ0v) is 46.5. The second-order valence-corrected chi connectivity index (χ2v) is 23.6. The summed E-state index contributed by atoms with van der Waals surface area (Å²) in [6, 6.07) is 1.22. The molecule has 2 saturated heterocycles. The number of nitrogens with zero attached hydrogens (tertiary/aromatic N) is 10. The SMILES string of the molecule is C[C@H]1[C@H](F)C[C@@H](C(=O)CCc2cc(-c3cnc(C(F)(F)F)nc3)ncc2C(F)(F)F)N1S(=O)(=O)c1cc2c(Cl)nccc2o1.C[C@H]1[C@H](F)C[C@@H](C(=O)CCc2cc(-c3cnc(C(F)(F)F)nc3)ncc2C(F)(F)F)N1S(=O)(=O)c1cc2cnccc2o1. The highest BCUT2D eigenvalue weighted by atomic mass is 35.5. The number of pyridine rings is 4. The molecule has 8 aromatic rings. The number of rotatable bonds is 14. The molecule has 0 N–H and O–H groups in total. The summed E-state index contributed by atoms with van der Waals surface area (Å²) >= 11 is 6.00. The minimum atomic E-state index is -4.92. The van der Waals surface area contributed by atoms with Crippen molar-refractivity contribution in [3.05, 3.63) is 131 Å². The Morgan fingerprint density at radius 3 is 1.37 bits per heavy atom. The molecule has 6 atom stereocenters. The van der Waals surface area contributed by atoms with Crippen LogP contribution in [0.3, 0.4) is 0 Å². The predicted octanol–water partition coefficient (Wildman–Crippen LogP) is 11.5. The van der Waals surface area contributed by atoms with Gasteiger partial charge in [0.25, 0.3) is 20.0 Å². The van der Waals surface area contributed by atoms with Crippen LogP contribution in [0, 0.1) is 0 Å². The van der Waals surface area contributed by atoms with E-state index in [1.165, 1.54) is 50.6 Å². The van der Waals surface area contributed by atoms with E-state index in [2.05, 4.69) is 39.9 Å². The predicted molar refractivity (Wildman–Crippen MR) is 274 cm³/mol. The number of hydrogen-bond acceptors (Lipinski definition) is 16. The highest BCUT2D eigenvalue weighted by molar-refractivity contribution is 7.89. The van der Waals surface area contributed by atoms with Gasteiger partial charge in [-0.1, -0.05) is 11.6 Å². The van der Waals surface area contributed by atoms with E-state index in [-0.39, 0.29) is 44.2 Å². The molecule has 87 heavy (non-hydrogen) atoms. The molecular weight excluding hydrogens is 1260 g/mol. The zero-order valence-electron chi connectivity index (χ0n) is 44.1. The first-order valence-corrected chi connectivity index (χ1v) is 28.5. The van der Waals surface area contributed by atoms with E-state index in [0.717, 1.165) is 43.0 Å². The van der Waals surface area contributed by atoms with Crippen molar-refractivity contribution in [1.29, 1.82) is 0 Å². The second-order valence-electron chi connectivity index (χ2n) is 19.7. The first-order valence-electron chi connectivity index (χ1n) is 25.2. The topological polar surface area (TPSA) is 238 Å². The Labute approximate surface area is 486 Å². The van der Waals surface area contributed by atoms with Crippen LogP contribution in [0.2, 0.25) is 5.15 Å². The molecule has 8 aromatic heterocycles. The van der Waals surface area contributed by atoms with Crippen molar-refractivity contribution < 1.29 is 96.7 Å². The minimum absolute atomic E-state index is 0.0572. The maximum Gasteiger partial charge on any atom is 0.451 e. The Morgan fingerprint density at radius 2 is 0.966 bits per heavy atom. The maximum absolute atomic E-state index is 14.9. The van der Waals surface area contributed by atoms with E-state index >= 15 is 0 Å². The Hall–Kier alpha value is -7.69. The van der Waals surface area contributed by atoms with Gasteiger partial charge < -0.3 is 8.83 Å². The molecule has 35 heteroatoms. The lowest BCUT2D eigenvalue weighted by Crippen LogP contribution is -2.44. The van der Waals surface area contributed by atoms with E-state index in [1.54, 1.807) is 0 Å². The summed E-state index contributed by atoms with van der Waals surface area (Å²) in [5.74, 6) is -4.61. The second kappa shape index (κ2) is 23.8. The average Bonchev–Trinajstić information content (AvgIpc) is 1.69. The van der Waals surface area contributed by atoms with Crippen LogP contribution in [-0.4, -0.2) is 113 Å². The minimum Gasteiger partial charge on any atom is -0.443 e. The number of halogens is 15. The molecule has 0 saturated carbocycles. The van der Waals surface area contributed by atoms with Crippen LogP contribution in [0.25, 0.3) is 44.5 Å². The van der Waals surface area contributed by atoms with Gasteiger partial charge in [0.1, 0.15) is 28.7 Å². The maximum atomic E-state index is 14.9. The van der Waals surface area contributed by atoms with Gasteiger partial charge in [0.2, 0.25) is 21.8 Å². The number of carbonyl (C=O) groups excluding carboxylic acids is 2. The molecule has 10 rings (SSSR count). The van der Waals surface area contributed by atoms with Gasteiger partial charge in [0.05, 0.1) is 52.1 Å². The lowest BCUT2D eigenvalue weighted by Gasteiger charge is -2.25. The van der Waals surface area contributed by atoms with Crippen LogP contribution < -0.4 is 0 Å². The Balaban J connectivity index is 0.000000208. The summed E-state index contributed by atoms with van der Waals surface area (Å²) in [5, 5.41) is -0.729. The number of Topliss-reactive ketones (excluding diaryl/α,β-unsaturated/α-hetero) is 2. The number of aryl methyl sites for hydroxylation is 2. The standard InChI is InChI=1S/C26H19ClF7N5O4S.C26H20F7N5O4S/c1-12-17(28)8-19(39(12)44(41,42)22-7-15-21(43-22)4-5-35-23(15)27)20(40)3-2-13-6-18(36-11-16(13)25(29,30)31)14-9-37-24(38-10-14)26(32,33)34;1-13-18(27)8-20(38(13)43(40,41)23-7-15-9-34-5-4-22(15)42-23)21(39)3-2-14-6-19(35-12-17(14)25(28,29)30)16-10-36-24(37-11-16)26(31,32)33/h4-7,9-12,17,19H,2-3,8H2,1H3;4-7,9-13,18,20H,2-3,8H2,1H3/t12-,17+,19-;13-,18+,20-/m00/s1. The van der Waals surface area contributed by atoms with Crippen molar-refractivity contribution in [3.8, 4) is 22.5 Å². The normalized spacial score (nSPS) is 20.1. The number of alkyl halides is 14. The third-order valence-corrected chi connectivity index (χ3v) is 18.1. The fraction of sp³-hybridized carbons (Fsp3) is 0.346. The molecule has 0 amide bonds. The highest BCUT2D eigenvalue weighted by Gasteiger charge is 2.52. The number of furan rings is 2. The zero-order chi connectivity index (χ0) is 63.5. The van der Waals surface area contributed by atoms with Crippen LogP contribution in [0.5, 0.6) is 0 Å². The van der Waals surface area contributed by atoms with Crippen molar-refractivity contribution in [3.63, 3.8) is 0 Å². The molecule has 0 bridgehead atoms. The molecule has 0 aliphatic carbocycles. The molecule has 10 heterocycles. The van der Waals surface area contributed by atoms with E-state index in [4.69, 9.17) is 20.4 Å².